The standard InChI is InChI=1S/C31H30BrN5O2/c1-35-14-16-36(17-15-35)20-28(38)37-27(21-8-4-2-5-9-21)19-26(34-37)30-29(22-10-6-3-7-11-22)24-18-23(32)12-13-25(24)33-31(30)39/h2-13,18,27H,14-17,19-20H2,1H3,(H,33,39)/t27-/m0/s1. The Morgan fingerprint density at radius 3 is 2.36 bits per heavy atom. The van der Waals surface area contributed by atoms with E-state index in [9.17, 15) is 9.59 Å². The van der Waals surface area contributed by atoms with Crippen LogP contribution in [0.3, 0.4) is 0 Å². The van der Waals surface area contributed by atoms with Gasteiger partial charge >= 0.3 is 0 Å². The maximum Gasteiger partial charge on any atom is 0.258 e. The Kier molecular flexibility index (Phi) is 7.16. The smallest absolute Gasteiger partial charge is 0.258 e. The Balaban J connectivity index is 1.46. The number of hydrazone groups is 1. The van der Waals surface area contributed by atoms with Gasteiger partial charge in [0.05, 0.1) is 23.9 Å². The number of hydrogen-bond donors (Lipinski definition) is 1. The highest BCUT2D eigenvalue weighted by atomic mass is 79.9. The van der Waals surface area contributed by atoms with Crippen molar-refractivity contribution in [3.63, 3.8) is 0 Å². The average molecular weight is 585 g/mol. The summed E-state index contributed by atoms with van der Waals surface area (Å²) >= 11 is 3.60. The minimum absolute atomic E-state index is 0.0513. The molecule has 2 aliphatic heterocycles. The van der Waals surface area contributed by atoms with E-state index in [-0.39, 0.29) is 17.5 Å². The maximum atomic E-state index is 13.7. The molecule has 1 aromatic heterocycles. The molecular formula is C31H30BrN5O2. The molecule has 1 N–H and O–H groups in total. The van der Waals surface area contributed by atoms with Crippen molar-refractivity contribution in [3.8, 4) is 11.1 Å². The number of likely N-dealkylation sites (N-methyl/N-ethyl adjacent to an activating group) is 1. The minimum atomic E-state index is -0.276. The summed E-state index contributed by atoms with van der Waals surface area (Å²) in [5.74, 6) is -0.0513. The molecular weight excluding hydrogens is 554 g/mol. The van der Waals surface area contributed by atoms with Gasteiger partial charge in [-0.15, -0.1) is 0 Å². The zero-order chi connectivity index (χ0) is 26.9. The molecule has 3 heterocycles. The number of nitrogens with one attached hydrogen (secondary N) is 1. The van der Waals surface area contributed by atoms with Gasteiger partial charge in [0, 0.05) is 53.5 Å². The number of halogens is 1. The van der Waals surface area contributed by atoms with Gasteiger partial charge in [0.2, 0.25) is 0 Å². The molecule has 1 amide bonds. The van der Waals surface area contributed by atoms with Crippen LogP contribution in [0.5, 0.6) is 0 Å². The van der Waals surface area contributed by atoms with Crippen molar-refractivity contribution in [2.75, 3.05) is 39.8 Å². The summed E-state index contributed by atoms with van der Waals surface area (Å²) in [5.41, 5.74) is 4.46. The highest BCUT2D eigenvalue weighted by Crippen LogP contribution is 2.37. The van der Waals surface area contributed by atoms with Crippen molar-refractivity contribution >= 4 is 38.5 Å². The molecule has 4 aromatic rings. The Bertz CT molecular complexity index is 1590. The molecule has 0 spiro atoms. The molecule has 1 atom stereocenters. The lowest BCUT2D eigenvalue weighted by Crippen LogP contribution is -2.48. The van der Waals surface area contributed by atoms with Crippen LogP contribution in [0.4, 0.5) is 0 Å². The Morgan fingerprint density at radius 2 is 1.64 bits per heavy atom. The Morgan fingerprint density at radius 1 is 0.949 bits per heavy atom. The van der Waals surface area contributed by atoms with E-state index in [0.29, 0.717) is 24.2 Å². The molecule has 3 aromatic carbocycles. The van der Waals surface area contributed by atoms with Crippen molar-refractivity contribution in [3.05, 3.63) is 105 Å². The fraction of sp³-hybridized carbons (Fsp3) is 0.258. The van der Waals surface area contributed by atoms with Crippen molar-refractivity contribution in [2.45, 2.75) is 12.5 Å². The first-order chi connectivity index (χ1) is 19.0. The van der Waals surface area contributed by atoms with Gasteiger partial charge in [-0.05, 0) is 36.4 Å². The van der Waals surface area contributed by atoms with Crippen molar-refractivity contribution in [2.24, 2.45) is 5.10 Å². The number of hydrogen-bond acceptors (Lipinski definition) is 5. The van der Waals surface area contributed by atoms with Crippen LogP contribution in [0.25, 0.3) is 22.0 Å². The van der Waals surface area contributed by atoms with Gasteiger partial charge in [-0.25, -0.2) is 5.01 Å². The first kappa shape index (κ1) is 25.7. The van der Waals surface area contributed by atoms with Crippen LogP contribution in [-0.4, -0.2) is 71.2 Å². The number of amides is 1. The number of aromatic nitrogens is 1. The average Bonchev–Trinajstić information content (AvgIpc) is 3.40. The monoisotopic (exact) mass is 583 g/mol. The fourth-order valence-electron chi connectivity index (χ4n) is 5.54. The number of nitrogens with zero attached hydrogens (tertiary/aromatic N) is 4. The lowest BCUT2D eigenvalue weighted by molar-refractivity contribution is -0.134. The summed E-state index contributed by atoms with van der Waals surface area (Å²) in [5, 5.41) is 7.44. The van der Waals surface area contributed by atoms with Gasteiger partial charge < -0.3 is 9.88 Å². The second-order valence-corrected chi connectivity index (χ2v) is 11.2. The van der Waals surface area contributed by atoms with Gasteiger partial charge in [0.15, 0.2) is 0 Å². The zero-order valence-electron chi connectivity index (χ0n) is 21.8. The van der Waals surface area contributed by atoms with Crippen LogP contribution in [0.2, 0.25) is 0 Å². The zero-order valence-corrected chi connectivity index (χ0v) is 23.4. The number of piperazine rings is 1. The summed E-state index contributed by atoms with van der Waals surface area (Å²) in [4.78, 5) is 35.0. The molecule has 0 radical (unpaired) electrons. The fourth-order valence-corrected chi connectivity index (χ4v) is 5.90. The number of benzene rings is 3. The highest BCUT2D eigenvalue weighted by molar-refractivity contribution is 9.10. The summed E-state index contributed by atoms with van der Waals surface area (Å²) in [7, 11) is 2.10. The van der Waals surface area contributed by atoms with E-state index in [4.69, 9.17) is 5.10 Å². The molecule has 7 nitrogen and oxygen atoms in total. The number of carbonyl (C=O) groups is 1. The minimum Gasteiger partial charge on any atom is -0.321 e. The molecule has 1 fully saturated rings. The van der Waals surface area contributed by atoms with Crippen molar-refractivity contribution in [1.82, 2.24) is 19.8 Å². The molecule has 0 bridgehead atoms. The van der Waals surface area contributed by atoms with Crippen LogP contribution < -0.4 is 5.56 Å². The number of H-pyrrole nitrogens is 1. The largest absolute Gasteiger partial charge is 0.321 e. The van der Waals surface area contributed by atoms with Crippen molar-refractivity contribution in [1.29, 1.82) is 0 Å². The SMILES string of the molecule is CN1CCN(CC(=O)N2N=C(c3c(-c4ccccc4)c4cc(Br)ccc4[nH]c3=O)C[C@H]2c2ccccc2)CC1. The lowest BCUT2D eigenvalue weighted by atomic mass is 9.91. The van der Waals surface area contributed by atoms with Crippen LogP contribution in [0.15, 0.2) is 93.2 Å². The third-order valence-corrected chi connectivity index (χ3v) is 8.13. The van der Waals surface area contributed by atoms with Gasteiger partial charge in [0.25, 0.3) is 11.5 Å². The van der Waals surface area contributed by atoms with Gasteiger partial charge in [-0.1, -0.05) is 76.6 Å². The first-order valence-electron chi connectivity index (χ1n) is 13.2. The Labute approximate surface area is 235 Å². The van der Waals surface area contributed by atoms with Crippen LogP contribution >= 0.6 is 15.9 Å². The van der Waals surface area contributed by atoms with E-state index < -0.39 is 0 Å². The number of fused-ring (bicyclic) bond motifs is 1. The van der Waals surface area contributed by atoms with E-state index in [0.717, 1.165) is 58.2 Å². The molecule has 8 heteroatoms. The maximum absolute atomic E-state index is 13.7. The second kappa shape index (κ2) is 10.9. The third-order valence-electron chi connectivity index (χ3n) is 7.63. The van der Waals surface area contributed by atoms with Gasteiger partial charge in [0.1, 0.15) is 0 Å². The number of rotatable bonds is 5. The topological polar surface area (TPSA) is 72.0 Å². The number of carbonyl (C=O) groups excluding carboxylic acids is 1. The van der Waals surface area contributed by atoms with E-state index in [1.54, 1.807) is 5.01 Å². The molecule has 0 unspecified atom stereocenters. The molecule has 0 saturated carbocycles. The van der Waals surface area contributed by atoms with E-state index in [1.165, 1.54) is 0 Å². The van der Waals surface area contributed by atoms with Gasteiger partial charge in [-0.3, -0.25) is 14.5 Å². The number of aromatic amines is 1. The molecule has 0 aliphatic carbocycles. The molecule has 2 aliphatic rings. The highest BCUT2D eigenvalue weighted by Gasteiger charge is 2.36. The summed E-state index contributed by atoms with van der Waals surface area (Å²) in [6.45, 7) is 3.87. The van der Waals surface area contributed by atoms with Crippen LogP contribution in [-0.2, 0) is 4.79 Å². The molecule has 39 heavy (non-hydrogen) atoms. The Hall–Kier alpha value is -3.59. The second-order valence-electron chi connectivity index (χ2n) is 10.3. The number of pyridine rings is 1. The summed E-state index contributed by atoms with van der Waals surface area (Å²) in [6.07, 6.45) is 0.459. The molecule has 198 valence electrons. The van der Waals surface area contributed by atoms with Gasteiger partial charge in [-0.2, -0.15) is 5.10 Å². The van der Waals surface area contributed by atoms with E-state index in [2.05, 4.69) is 37.8 Å². The summed E-state index contributed by atoms with van der Waals surface area (Å²) in [6, 6.07) is 25.5. The van der Waals surface area contributed by atoms with Crippen LogP contribution in [0, 0.1) is 0 Å². The molecule has 6 rings (SSSR count). The first-order valence-corrected chi connectivity index (χ1v) is 14.0. The summed E-state index contributed by atoms with van der Waals surface area (Å²) < 4.78 is 0.921. The van der Waals surface area contributed by atoms with Crippen LogP contribution in [0.1, 0.15) is 23.6 Å². The predicted octanol–water partition coefficient (Wildman–Crippen LogP) is 4.88. The molecule has 1 saturated heterocycles. The van der Waals surface area contributed by atoms with E-state index >= 15 is 0 Å². The predicted molar refractivity (Wildman–Crippen MR) is 159 cm³/mol. The normalized spacial score (nSPS) is 18.5. The van der Waals surface area contributed by atoms with E-state index in [1.807, 2.05) is 78.9 Å². The lowest BCUT2D eigenvalue weighted by Gasteiger charge is -2.33. The quantitative estimate of drug-likeness (QED) is 0.363. The van der Waals surface area contributed by atoms with Crippen molar-refractivity contribution < 1.29 is 4.79 Å². The third kappa shape index (κ3) is 5.20.